The van der Waals surface area contributed by atoms with Crippen LogP contribution in [0.2, 0.25) is 0 Å². The molecule has 3 N–H and O–H groups in total. The molecule has 0 saturated carbocycles. The Hall–Kier alpha value is -1.30. The molecular weight excluding hydrogens is 258 g/mol. The smallest absolute Gasteiger partial charge is 0.326 e. The van der Waals surface area contributed by atoms with Crippen molar-refractivity contribution < 1.29 is 14.7 Å². The van der Waals surface area contributed by atoms with Gasteiger partial charge >= 0.3 is 12.0 Å². The van der Waals surface area contributed by atoms with Crippen LogP contribution in [0.15, 0.2) is 0 Å². The molecule has 0 bridgehead atoms. The number of carboxylic acid groups (broad SMARTS) is 1. The first-order valence-electron chi connectivity index (χ1n) is 7.16. The van der Waals surface area contributed by atoms with Crippen molar-refractivity contribution in [2.45, 2.75) is 39.7 Å². The first-order valence-corrected chi connectivity index (χ1v) is 7.16. The molecular formula is C14H27N3O3. The first-order chi connectivity index (χ1) is 9.20. The molecule has 1 aliphatic rings. The zero-order chi connectivity index (χ0) is 15.3. The van der Waals surface area contributed by atoms with Gasteiger partial charge in [0, 0.05) is 6.54 Å². The highest BCUT2D eigenvalue weighted by atomic mass is 16.4. The van der Waals surface area contributed by atoms with Gasteiger partial charge in [-0.25, -0.2) is 9.59 Å². The van der Waals surface area contributed by atoms with Gasteiger partial charge in [-0.15, -0.1) is 0 Å². The van der Waals surface area contributed by atoms with Crippen LogP contribution in [0.25, 0.3) is 0 Å². The summed E-state index contributed by atoms with van der Waals surface area (Å²) in [7, 11) is 2.09. The molecule has 2 amide bonds. The molecule has 0 aliphatic carbocycles. The summed E-state index contributed by atoms with van der Waals surface area (Å²) in [6.45, 7) is 8.09. The zero-order valence-electron chi connectivity index (χ0n) is 12.9. The minimum atomic E-state index is -1.01. The van der Waals surface area contributed by atoms with Gasteiger partial charge in [-0.2, -0.15) is 0 Å². The predicted molar refractivity (Wildman–Crippen MR) is 77.6 cm³/mol. The monoisotopic (exact) mass is 285 g/mol. The Morgan fingerprint density at radius 3 is 2.30 bits per heavy atom. The summed E-state index contributed by atoms with van der Waals surface area (Å²) in [6.07, 6.45) is 2.14. The van der Waals surface area contributed by atoms with E-state index in [0.29, 0.717) is 12.5 Å². The van der Waals surface area contributed by atoms with Gasteiger partial charge in [-0.1, -0.05) is 20.8 Å². The van der Waals surface area contributed by atoms with E-state index in [1.807, 2.05) is 0 Å². The Labute approximate surface area is 120 Å². The summed E-state index contributed by atoms with van der Waals surface area (Å²) in [5.74, 6) is -0.526. The van der Waals surface area contributed by atoms with Crippen LogP contribution in [0.3, 0.4) is 0 Å². The molecule has 20 heavy (non-hydrogen) atoms. The third-order valence-corrected chi connectivity index (χ3v) is 3.78. The van der Waals surface area contributed by atoms with Gasteiger partial charge in [-0.05, 0) is 44.3 Å². The normalized spacial score (nSPS) is 19.4. The Morgan fingerprint density at radius 2 is 1.85 bits per heavy atom. The predicted octanol–water partition coefficient (Wildman–Crippen LogP) is 1.13. The summed E-state index contributed by atoms with van der Waals surface area (Å²) in [5.41, 5.74) is -0.517. The fraction of sp³-hybridized carbons (Fsp3) is 0.857. The van der Waals surface area contributed by atoms with E-state index in [-0.39, 0.29) is 0 Å². The number of nitrogens with one attached hydrogen (secondary N) is 2. The molecule has 0 radical (unpaired) electrons. The molecule has 1 fully saturated rings. The molecule has 1 saturated heterocycles. The fourth-order valence-electron chi connectivity index (χ4n) is 2.33. The summed E-state index contributed by atoms with van der Waals surface area (Å²) in [4.78, 5) is 25.3. The number of likely N-dealkylation sites (tertiary alicyclic amines) is 1. The van der Waals surface area contributed by atoms with Crippen LogP contribution in [0.4, 0.5) is 4.79 Å². The number of piperidine rings is 1. The number of carboxylic acids is 1. The molecule has 1 heterocycles. The summed E-state index contributed by atoms with van der Waals surface area (Å²) >= 11 is 0. The van der Waals surface area contributed by atoms with Gasteiger partial charge in [0.15, 0.2) is 0 Å². The van der Waals surface area contributed by atoms with Gasteiger partial charge in [0.05, 0.1) is 0 Å². The number of carbonyl (C=O) groups is 2. The molecule has 6 nitrogen and oxygen atoms in total. The summed E-state index contributed by atoms with van der Waals surface area (Å²) < 4.78 is 0. The van der Waals surface area contributed by atoms with Gasteiger partial charge < -0.3 is 20.6 Å². The van der Waals surface area contributed by atoms with Crippen molar-refractivity contribution in [3.8, 4) is 0 Å². The van der Waals surface area contributed by atoms with E-state index < -0.39 is 23.5 Å². The van der Waals surface area contributed by atoms with Crippen molar-refractivity contribution in [3.63, 3.8) is 0 Å². The van der Waals surface area contributed by atoms with E-state index in [2.05, 4.69) is 22.6 Å². The molecule has 0 aromatic heterocycles. The number of carbonyl (C=O) groups excluding carboxylic acids is 1. The van der Waals surface area contributed by atoms with Crippen LogP contribution in [-0.2, 0) is 4.79 Å². The highest BCUT2D eigenvalue weighted by Crippen LogP contribution is 2.19. The van der Waals surface area contributed by atoms with Crippen molar-refractivity contribution in [1.82, 2.24) is 15.5 Å². The highest BCUT2D eigenvalue weighted by molar-refractivity contribution is 5.83. The third-order valence-electron chi connectivity index (χ3n) is 3.78. The van der Waals surface area contributed by atoms with Crippen LogP contribution in [0, 0.1) is 11.3 Å². The lowest BCUT2D eigenvalue weighted by Gasteiger charge is -2.30. The highest BCUT2D eigenvalue weighted by Gasteiger charge is 2.32. The second-order valence-corrected chi connectivity index (χ2v) is 6.74. The van der Waals surface area contributed by atoms with Crippen molar-refractivity contribution in [1.29, 1.82) is 0 Å². The van der Waals surface area contributed by atoms with Crippen molar-refractivity contribution >= 4 is 12.0 Å². The quantitative estimate of drug-likeness (QED) is 0.723. The maximum atomic E-state index is 11.8. The van der Waals surface area contributed by atoms with Crippen LogP contribution in [-0.4, -0.2) is 54.7 Å². The Kier molecular flexibility index (Phi) is 5.80. The molecule has 0 spiro atoms. The zero-order valence-corrected chi connectivity index (χ0v) is 12.9. The van der Waals surface area contributed by atoms with E-state index in [1.165, 1.54) is 0 Å². The van der Waals surface area contributed by atoms with Crippen molar-refractivity contribution in [2.24, 2.45) is 11.3 Å². The number of hydrogen-bond donors (Lipinski definition) is 3. The van der Waals surface area contributed by atoms with Crippen molar-refractivity contribution in [2.75, 3.05) is 26.7 Å². The standard InChI is InChI=1S/C14H27N3O3/c1-14(2,3)11(12(18)19)16-13(20)15-9-10-5-7-17(4)8-6-10/h10-11H,5-9H2,1-4H3,(H,18,19)(H2,15,16,20). The number of amides is 2. The summed E-state index contributed by atoms with van der Waals surface area (Å²) in [5, 5.41) is 14.5. The second-order valence-electron chi connectivity index (χ2n) is 6.74. The lowest BCUT2D eigenvalue weighted by atomic mass is 9.87. The minimum absolute atomic E-state index is 0.397. The maximum Gasteiger partial charge on any atom is 0.326 e. The molecule has 1 atom stereocenters. The lowest BCUT2D eigenvalue weighted by Crippen LogP contribution is -2.53. The molecule has 1 aliphatic heterocycles. The van der Waals surface area contributed by atoms with Crippen LogP contribution in [0.5, 0.6) is 0 Å². The first kappa shape index (κ1) is 16.8. The molecule has 6 heteroatoms. The van der Waals surface area contributed by atoms with E-state index in [1.54, 1.807) is 20.8 Å². The van der Waals surface area contributed by atoms with E-state index in [9.17, 15) is 9.59 Å². The average molecular weight is 285 g/mol. The number of urea groups is 1. The largest absolute Gasteiger partial charge is 0.480 e. The van der Waals surface area contributed by atoms with E-state index >= 15 is 0 Å². The maximum absolute atomic E-state index is 11.8. The van der Waals surface area contributed by atoms with Crippen LogP contribution >= 0.6 is 0 Å². The molecule has 116 valence electrons. The number of nitrogens with zero attached hydrogens (tertiary/aromatic N) is 1. The van der Waals surface area contributed by atoms with E-state index in [0.717, 1.165) is 25.9 Å². The van der Waals surface area contributed by atoms with Gasteiger partial charge in [-0.3, -0.25) is 0 Å². The Balaban J connectivity index is 2.37. The number of hydrogen-bond acceptors (Lipinski definition) is 3. The topological polar surface area (TPSA) is 81.7 Å². The van der Waals surface area contributed by atoms with Crippen LogP contribution < -0.4 is 10.6 Å². The second kappa shape index (κ2) is 6.92. The number of aliphatic carboxylic acids is 1. The van der Waals surface area contributed by atoms with Crippen LogP contribution in [0.1, 0.15) is 33.6 Å². The van der Waals surface area contributed by atoms with Crippen molar-refractivity contribution in [3.05, 3.63) is 0 Å². The molecule has 0 aromatic rings. The third kappa shape index (κ3) is 5.36. The number of rotatable bonds is 4. The fourth-order valence-corrected chi connectivity index (χ4v) is 2.33. The Morgan fingerprint density at radius 1 is 1.30 bits per heavy atom. The molecule has 1 rings (SSSR count). The summed E-state index contributed by atoms with van der Waals surface area (Å²) in [6, 6.07) is -1.29. The van der Waals surface area contributed by atoms with Gasteiger partial charge in [0.1, 0.15) is 6.04 Å². The molecule has 0 aromatic carbocycles. The van der Waals surface area contributed by atoms with E-state index in [4.69, 9.17) is 5.11 Å². The average Bonchev–Trinajstić information content (AvgIpc) is 2.33. The lowest BCUT2D eigenvalue weighted by molar-refractivity contribution is -0.141. The SMILES string of the molecule is CN1CCC(CNC(=O)NC(C(=O)O)C(C)(C)C)CC1. The van der Waals surface area contributed by atoms with Gasteiger partial charge in [0.2, 0.25) is 0 Å². The molecule has 1 unspecified atom stereocenters. The Bertz CT molecular complexity index is 344. The minimum Gasteiger partial charge on any atom is -0.480 e. The van der Waals surface area contributed by atoms with Gasteiger partial charge in [0.25, 0.3) is 0 Å².